The molecule has 0 bridgehead atoms. The summed E-state index contributed by atoms with van der Waals surface area (Å²) in [6.07, 6.45) is 0. The van der Waals surface area contributed by atoms with Gasteiger partial charge in [0.1, 0.15) is 0 Å². The average molecular weight is 842 g/mol. The number of rotatable bonds is 8. The summed E-state index contributed by atoms with van der Waals surface area (Å²) in [6, 6.07) is 17.5. The van der Waals surface area contributed by atoms with E-state index in [4.69, 9.17) is 16.4 Å². The van der Waals surface area contributed by atoms with Crippen molar-refractivity contribution in [3.8, 4) is 50.2 Å². The van der Waals surface area contributed by atoms with Crippen LogP contribution in [-0.4, -0.2) is 4.57 Å². The van der Waals surface area contributed by atoms with Crippen LogP contribution in [0.4, 0.5) is 17.1 Å². The fraction of sp³-hybridized carbons (Fsp3) is 0. The van der Waals surface area contributed by atoms with Gasteiger partial charge < -0.3 is 9.47 Å². The topological polar surface area (TPSA) is 8.17 Å². The van der Waals surface area contributed by atoms with Crippen LogP contribution in [0.3, 0.4) is 0 Å². The number of thiophene rings is 1. The Kier molecular flexibility index (Phi) is 5.21. The molecule has 0 aliphatic heterocycles. The summed E-state index contributed by atoms with van der Waals surface area (Å²) in [7, 11) is 0. The number of nitrogens with zero attached hydrogens (tertiary/aromatic N) is 2. The molecule has 0 aliphatic carbocycles. The van der Waals surface area contributed by atoms with Crippen molar-refractivity contribution in [2.24, 2.45) is 0 Å². The molecule has 10 aromatic carbocycles. The van der Waals surface area contributed by atoms with Gasteiger partial charge in [-0.2, -0.15) is 0 Å². The van der Waals surface area contributed by atoms with Crippen LogP contribution in [0, 0.1) is 0 Å². The van der Waals surface area contributed by atoms with E-state index in [0.717, 1.165) is 43.2 Å². The summed E-state index contributed by atoms with van der Waals surface area (Å²) in [4.78, 5) is 1.03. The molecular formula is C60H40N2S. The maximum absolute atomic E-state index is 10.2. The Balaban J connectivity index is 1.24. The molecule has 3 heteroatoms. The molecule has 12 rings (SSSR count). The number of benzene rings is 10. The Bertz CT molecular complexity index is 4740. The Labute approximate surface area is 400 Å². The Morgan fingerprint density at radius 1 is 0.397 bits per heavy atom. The minimum atomic E-state index is -0.972. The van der Waals surface area contributed by atoms with Gasteiger partial charge >= 0.3 is 0 Å². The molecule has 0 radical (unpaired) electrons. The molecule has 2 nitrogen and oxygen atoms in total. The monoisotopic (exact) mass is 841 g/mol. The molecule has 0 saturated carbocycles. The Morgan fingerprint density at radius 3 is 1.70 bits per heavy atom. The molecule has 0 atom stereocenters. The number of para-hydroxylation sites is 2. The van der Waals surface area contributed by atoms with E-state index in [1.165, 1.54) is 11.3 Å². The highest BCUT2D eigenvalue weighted by Gasteiger charge is 2.22. The first-order chi connectivity index (χ1) is 40.0. The second-order valence-corrected chi connectivity index (χ2v) is 15.5. The number of hydrogen-bond donors (Lipinski definition) is 0. The molecule has 0 unspecified atom stereocenters. The van der Waals surface area contributed by atoms with Gasteiger partial charge in [0.05, 0.1) is 45.5 Å². The summed E-state index contributed by atoms with van der Waals surface area (Å²) in [6.45, 7) is 0. The Morgan fingerprint density at radius 2 is 0.984 bits per heavy atom. The average Bonchev–Trinajstić information content (AvgIpc) is 1.04. The lowest BCUT2D eigenvalue weighted by Gasteiger charge is -2.29. The van der Waals surface area contributed by atoms with E-state index in [2.05, 4.69) is 16.7 Å². The van der Waals surface area contributed by atoms with Crippen LogP contribution in [0.25, 0.3) is 92.2 Å². The van der Waals surface area contributed by atoms with E-state index >= 15 is 0 Å². The lowest BCUT2D eigenvalue weighted by Crippen LogP contribution is -2.11. The highest BCUT2D eigenvalue weighted by atomic mass is 32.1. The zero-order chi connectivity index (χ0) is 60.0. The molecular weight excluding hydrogens is 781 g/mol. The molecule has 0 fully saturated rings. The second kappa shape index (κ2) is 15.5. The molecule has 0 spiro atoms. The van der Waals surface area contributed by atoms with Gasteiger partial charge in [-0.15, -0.1) is 11.3 Å². The van der Waals surface area contributed by atoms with E-state index in [9.17, 15) is 12.3 Å². The lowest BCUT2D eigenvalue weighted by atomic mass is 9.95. The van der Waals surface area contributed by atoms with E-state index in [0.29, 0.717) is 26.6 Å². The third-order valence-electron chi connectivity index (χ3n) is 10.9. The summed E-state index contributed by atoms with van der Waals surface area (Å²) >= 11 is 1.43. The molecule has 0 N–H and O–H groups in total. The van der Waals surface area contributed by atoms with Crippen molar-refractivity contribution >= 4 is 70.4 Å². The highest BCUT2D eigenvalue weighted by molar-refractivity contribution is 7.26. The summed E-state index contributed by atoms with van der Waals surface area (Å²) < 4.78 is 195. The predicted molar refractivity (Wildman–Crippen MR) is 270 cm³/mol. The molecule has 63 heavy (non-hydrogen) atoms. The smallest absolute Gasteiger partial charge is 0.0645 e. The molecule has 0 saturated heterocycles. The van der Waals surface area contributed by atoms with Crippen LogP contribution in [-0.2, 0) is 0 Å². The summed E-state index contributed by atoms with van der Waals surface area (Å²) in [5, 5.41) is 3.33. The van der Waals surface area contributed by atoms with Crippen LogP contribution in [0.1, 0.15) is 28.8 Å². The number of anilines is 3. The molecule has 0 aliphatic rings. The molecule has 12 aromatic rings. The zero-order valence-electron chi connectivity index (χ0n) is 53.8. The molecule has 0 amide bonds. The van der Waals surface area contributed by atoms with E-state index < -0.39 is 166 Å². The predicted octanol–water partition coefficient (Wildman–Crippen LogP) is 17.3. The molecule has 2 heterocycles. The maximum atomic E-state index is 10.2. The third-order valence-corrected chi connectivity index (χ3v) is 12.1. The number of hydrogen-bond acceptors (Lipinski definition) is 2. The first-order valence-corrected chi connectivity index (χ1v) is 20.6. The van der Waals surface area contributed by atoms with E-state index in [1.807, 2.05) is 84.9 Å². The first-order valence-electron chi connectivity index (χ1n) is 30.3. The van der Waals surface area contributed by atoms with E-state index in [-0.39, 0.29) is 11.3 Å². The van der Waals surface area contributed by atoms with Gasteiger partial charge in [0.25, 0.3) is 0 Å². The van der Waals surface area contributed by atoms with Gasteiger partial charge in [-0.3, -0.25) is 0 Å². The van der Waals surface area contributed by atoms with E-state index in [1.54, 1.807) is 12.1 Å². The van der Waals surface area contributed by atoms with Crippen molar-refractivity contribution in [2.75, 3.05) is 4.90 Å². The van der Waals surface area contributed by atoms with Crippen LogP contribution in [0.5, 0.6) is 0 Å². The van der Waals surface area contributed by atoms with Crippen molar-refractivity contribution in [3.63, 3.8) is 0 Å². The van der Waals surface area contributed by atoms with Crippen LogP contribution >= 0.6 is 11.3 Å². The zero-order valence-corrected chi connectivity index (χ0v) is 33.6. The van der Waals surface area contributed by atoms with Gasteiger partial charge in [0.15, 0.2) is 0 Å². The summed E-state index contributed by atoms with van der Waals surface area (Å²) in [5.41, 5.74) is -1.55. The minimum Gasteiger partial charge on any atom is -0.310 e. The Hall–Kier alpha value is -7.98. The first kappa shape index (κ1) is 21.2. The van der Waals surface area contributed by atoms with Gasteiger partial charge in [-0.1, -0.05) is 176 Å². The fourth-order valence-electron chi connectivity index (χ4n) is 8.11. The largest absolute Gasteiger partial charge is 0.310 e. The normalized spacial score (nSPS) is 16.2. The van der Waals surface area contributed by atoms with Crippen LogP contribution in [0.2, 0.25) is 0 Å². The fourth-order valence-corrected chi connectivity index (χ4v) is 9.33. The van der Waals surface area contributed by atoms with Crippen LogP contribution < -0.4 is 4.90 Å². The van der Waals surface area contributed by atoms with Crippen LogP contribution in [0.15, 0.2) is 242 Å². The van der Waals surface area contributed by atoms with Crippen molar-refractivity contribution in [3.05, 3.63) is 242 Å². The lowest BCUT2D eigenvalue weighted by molar-refractivity contribution is 1.18. The van der Waals surface area contributed by atoms with Crippen molar-refractivity contribution in [1.29, 1.82) is 0 Å². The SMILES string of the molecule is [2H]c1cc(-c2c([2H])c([2H])c(N(c3cc(-c4ccc(-n5c6ccccc6c6ccccc65)cc4)c4sc5ccccc5c4c3)c3c([2H])c([2H])c(-c4c([2H])c([2H])c([2H])c([2H])c4[2H])c([2H])c3-c3c([2H])c([2H])c([2H])c([2H])c3[2H])c([2H])c2[2H])c([2H])c([2H])c1[2H]. The van der Waals surface area contributed by atoms with Crippen molar-refractivity contribution < 1.29 is 28.8 Å². The maximum Gasteiger partial charge on any atom is 0.0645 e. The quantitative estimate of drug-likeness (QED) is 0.148. The van der Waals surface area contributed by atoms with Crippen molar-refractivity contribution in [1.82, 2.24) is 4.57 Å². The molecule has 296 valence electrons. The second-order valence-electron chi connectivity index (χ2n) is 14.5. The third kappa shape index (κ3) is 6.50. The van der Waals surface area contributed by atoms with Crippen molar-refractivity contribution in [2.45, 2.75) is 0 Å². The standard InChI is InChI=1S/C60H40N2S/c1-4-16-41(17-5-1)43-28-33-47(34-29-43)61(58-37-32-46(42-18-6-2-7-19-42)38-53(58)44-20-8-3-9-21-44)49-39-54(60-55(40-49)52-24-12-15-27-59(52)63-60)45-30-35-48(36-31-45)62-56-25-13-10-22-50(56)51-23-11-14-26-57(51)62/h1-40H/i1D,2D,3D,4D,5D,6D,7D,8D,9D,16D,18D,19D,20D,21D,28D,29D,32D,33D,34D,37D,38D. The number of fused-ring (bicyclic) bond motifs is 6. The van der Waals surface area contributed by atoms with Gasteiger partial charge in [0, 0.05) is 59.1 Å². The minimum absolute atomic E-state index is 0.0702. The summed E-state index contributed by atoms with van der Waals surface area (Å²) in [5.74, 6) is 0. The molecule has 2 aromatic heterocycles. The highest BCUT2D eigenvalue weighted by Crippen LogP contribution is 2.48. The van der Waals surface area contributed by atoms with Gasteiger partial charge in [-0.25, -0.2) is 0 Å². The van der Waals surface area contributed by atoms with Gasteiger partial charge in [0.2, 0.25) is 0 Å². The van der Waals surface area contributed by atoms with Gasteiger partial charge in [-0.05, 0) is 100 Å². The number of aromatic nitrogens is 1.